The van der Waals surface area contributed by atoms with Crippen molar-refractivity contribution in [3.05, 3.63) is 125 Å². The van der Waals surface area contributed by atoms with Crippen LogP contribution in [-0.4, -0.2) is 15.9 Å². The first-order chi connectivity index (χ1) is 19.0. The number of aromatic nitrogens is 2. The molecule has 0 saturated heterocycles. The summed E-state index contributed by atoms with van der Waals surface area (Å²) in [4.78, 5) is 34.6. The predicted octanol–water partition coefficient (Wildman–Crippen LogP) is 6.68. The molecular weight excluding hydrogens is 502 g/mol. The number of carbonyl (C=O) groups is 1. The van der Waals surface area contributed by atoms with E-state index in [1.165, 1.54) is 12.1 Å². The van der Waals surface area contributed by atoms with Gasteiger partial charge in [0, 0.05) is 22.0 Å². The molecule has 9 heteroatoms. The second-order valence-electron chi connectivity index (χ2n) is 8.65. The summed E-state index contributed by atoms with van der Waals surface area (Å²) in [5, 5.41) is 6.62. The molecule has 4 aromatic carbocycles. The Morgan fingerprint density at radius 1 is 0.795 bits per heavy atom. The standard InChI is InChI=1S/C30H18F2N4O3/c31-22-10-6-11-23(32)26(22)35-29(37)21-16-18-15-19(13-14-25(18)39-30(21)38)33-28-20-9-4-5-12-24(20)34-27(36-28)17-7-2-1-3-8-17/h1-16H,(H,35,37)(H,33,34,36). The number of anilines is 3. The Bertz CT molecular complexity index is 1920. The molecule has 6 aromatic rings. The van der Waals surface area contributed by atoms with Crippen molar-refractivity contribution < 1.29 is 18.0 Å². The van der Waals surface area contributed by atoms with Crippen LogP contribution < -0.4 is 16.3 Å². The maximum absolute atomic E-state index is 14.0. The Labute approximate surface area is 219 Å². The SMILES string of the molecule is O=C(Nc1c(F)cccc1F)c1cc2cc(Nc3nc(-c4ccccc4)nc4ccccc34)ccc2oc1=O. The van der Waals surface area contributed by atoms with E-state index >= 15 is 0 Å². The largest absolute Gasteiger partial charge is 0.422 e. The molecule has 2 heterocycles. The van der Waals surface area contributed by atoms with Crippen molar-refractivity contribution in [3.8, 4) is 11.4 Å². The van der Waals surface area contributed by atoms with Gasteiger partial charge in [-0.1, -0.05) is 48.5 Å². The van der Waals surface area contributed by atoms with Crippen LogP contribution in [0.15, 0.2) is 106 Å². The van der Waals surface area contributed by atoms with Gasteiger partial charge >= 0.3 is 5.63 Å². The first-order valence-electron chi connectivity index (χ1n) is 11.9. The molecule has 0 radical (unpaired) electrons. The minimum Gasteiger partial charge on any atom is -0.422 e. The number of nitrogens with one attached hydrogen (secondary N) is 2. The molecule has 0 aliphatic rings. The highest BCUT2D eigenvalue weighted by Gasteiger charge is 2.18. The third-order valence-electron chi connectivity index (χ3n) is 6.08. The van der Waals surface area contributed by atoms with Gasteiger partial charge in [-0.25, -0.2) is 23.5 Å². The van der Waals surface area contributed by atoms with Crippen LogP contribution in [0.25, 0.3) is 33.3 Å². The predicted molar refractivity (Wildman–Crippen MR) is 145 cm³/mol. The number of halogens is 2. The number of amides is 1. The van der Waals surface area contributed by atoms with Gasteiger partial charge in [0.1, 0.15) is 34.3 Å². The molecule has 0 aliphatic carbocycles. The fourth-order valence-electron chi connectivity index (χ4n) is 4.18. The van der Waals surface area contributed by atoms with E-state index in [-0.39, 0.29) is 5.58 Å². The van der Waals surface area contributed by atoms with E-state index in [4.69, 9.17) is 9.40 Å². The smallest absolute Gasteiger partial charge is 0.349 e. The molecule has 0 atom stereocenters. The lowest BCUT2D eigenvalue weighted by atomic mass is 10.1. The Balaban J connectivity index is 1.38. The maximum Gasteiger partial charge on any atom is 0.349 e. The minimum atomic E-state index is -0.998. The molecule has 2 aromatic heterocycles. The van der Waals surface area contributed by atoms with Crippen molar-refractivity contribution in [2.75, 3.05) is 10.6 Å². The molecule has 0 aliphatic heterocycles. The van der Waals surface area contributed by atoms with Gasteiger partial charge in [-0.3, -0.25) is 4.79 Å². The summed E-state index contributed by atoms with van der Waals surface area (Å²) in [6, 6.07) is 26.6. The third kappa shape index (κ3) is 4.69. The summed E-state index contributed by atoms with van der Waals surface area (Å²) in [7, 11) is 0. The Morgan fingerprint density at radius 3 is 2.33 bits per heavy atom. The van der Waals surface area contributed by atoms with Crippen LogP contribution in [0.3, 0.4) is 0 Å². The molecule has 0 fully saturated rings. The number of carbonyl (C=O) groups excluding carboxylic acids is 1. The summed E-state index contributed by atoms with van der Waals surface area (Å²) in [5.74, 6) is -1.83. The zero-order valence-electron chi connectivity index (χ0n) is 20.1. The molecule has 1 amide bonds. The lowest BCUT2D eigenvalue weighted by molar-refractivity contribution is 0.102. The topological polar surface area (TPSA) is 97.1 Å². The van der Waals surface area contributed by atoms with Crippen LogP contribution >= 0.6 is 0 Å². The van der Waals surface area contributed by atoms with Crippen LogP contribution in [-0.2, 0) is 0 Å². The normalized spacial score (nSPS) is 11.0. The molecule has 6 rings (SSSR count). The zero-order chi connectivity index (χ0) is 26.9. The molecule has 0 bridgehead atoms. The number of hydrogen-bond donors (Lipinski definition) is 2. The van der Waals surface area contributed by atoms with Crippen molar-refractivity contribution in [2.24, 2.45) is 0 Å². The lowest BCUT2D eigenvalue weighted by Gasteiger charge is -2.12. The first-order valence-corrected chi connectivity index (χ1v) is 11.9. The van der Waals surface area contributed by atoms with E-state index in [2.05, 4.69) is 15.6 Å². The average Bonchev–Trinajstić information content (AvgIpc) is 2.95. The number of benzene rings is 4. The van der Waals surface area contributed by atoms with Crippen molar-refractivity contribution in [1.82, 2.24) is 9.97 Å². The van der Waals surface area contributed by atoms with Gasteiger partial charge in [0.15, 0.2) is 5.82 Å². The summed E-state index contributed by atoms with van der Waals surface area (Å²) < 4.78 is 33.3. The van der Waals surface area contributed by atoms with Gasteiger partial charge in [-0.05, 0) is 48.5 Å². The quantitative estimate of drug-likeness (QED) is 0.246. The Hall–Kier alpha value is -5.44. The second-order valence-corrected chi connectivity index (χ2v) is 8.65. The summed E-state index contributed by atoms with van der Waals surface area (Å²) in [5.41, 5.74) is 0.450. The lowest BCUT2D eigenvalue weighted by Crippen LogP contribution is -2.21. The number of fused-ring (bicyclic) bond motifs is 2. The molecule has 39 heavy (non-hydrogen) atoms. The van der Waals surface area contributed by atoms with Crippen LogP contribution in [0.4, 0.5) is 26.0 Å². The van der Waals surface area contributed by atoms with Gasteiger partial charge in [-0.15, -0.1) is 0 Å². The maximum atomic E-state index is 14.0. The van der Waals surface area contributed by atoms with E-state index in [1.807, 2.05) is 54.6 Å². The van der Waals surface area contributed by atoms with E-state index in [9.17, 15) is 18.4 Å². The molecule has 190 valence electrons. The Morgan fingerprint density at radius 2 is 1.54 bits per heavy atom. The van der Waals surface area contributed by atoms with E-state index in [0.29, 0.717) is 22.7 Å². The summed E-state index contributed by atoms with van der Waals surface area (Å²) in [6.07, 6.45) is 0. The Kier molecular flexibility index (Phi) is 6.01. The summed E-state index contributed by atoms with van der Waals surface area (Å²) in [6.45, 7) is 0. The monoisotopic (exact) mass is 520 g/mol. The van der Waals surface area contributed by atoms with Gasteiger partial charge < -0.3 is 15.1 Å². The zero-order valence-corrected chi connectivity index (χ0v) is 20.1. The number of para-hydroxylation sites is 2. The van der Waals surface area contributed by atoms with Crippen LogP contribution in [0.2, 0.25) is 0 Å². The molecular formula is C30H18F2N4O3. The number of rotatable bonds is 5. The summed E-state index contributed by atoms with van der Waals surface area (Å²) >= 11 is 0. The fraction of sp³-hybridized carbons (Fsp3) is 0. The number of nitrogens with zero attached hydrogens (tertiary/aromatic N) is 2. The van der Waals surface area contributed by atoms with Crippen LogP contribution in [0.5, 0.6) is 0 Å². The molecule has 0 unspecified atom stereocenters. The van der Waals surface area contributed by atoms with E-state index < -0.39 is 34.4 Å². The average molecular weight is 520 g/mol. The fourth-order valence-corrected chi connectivity index (χ4v) is 4.18. The van der Waals surface area contributed by atoms with Crippen molar-refractivity contribution in [3.63, 3.8) is 0 Å². The van der Waals surface area contributed by atoms with Crippen LogP contribution in [0, 0.1) is 11.6 Å². The van der Waals surface area contributed by atoms with Crippen molar-refractivity contribution >= 4 is 45.0 Å². The van der Waals surface area contributed by atoms with E-state index in [0.717, 1.165) is 28.6 Å². The molecule has 0 spiro atoms. The van der Waals surface area contributed by atoms with Crippen molar-refractivity contribution in [1.29, 1.82) is 0 Å². The second kappa shape index (κ2) is 9.79. The van der Waals surface area contributed by atoms with Gasteiger partial charge in [-0.2, -0.15) is 0 Å². The van der Waals surface area contributed by atoms with Gasteiger partial charge in [0.25, 0.3) is 5.91 Å². The number of hydrogen-bond acceptors (Lipinski definition) is 6. The molecule has 7 nitrogen and oxygen atoms in total. The first kappa shape index (κ1) is 23.9. The molecule has 2 N–H and O–H groups in total. The molecule has 0 saturated carbocycles. The van der Waals surface area contributed by atoms with Gasteiger partial charge in [0.2, 0.25) is 0 Å². The minimum absolute atomic E-state index is 0.233. The van der Waals surface area contributed by atoms with Gasteiger partial charge in [0.05, 0.1) is 5.52 Å². The van der Waals surface area contributed by atoms with E-state index in [1.54, 1.807) is 18.2 Å². The van der Waals surface area contributed by atoms with Crippen LogP contribution in [0.1, 0.15) is 10.4 Å². The third-order valence-corrected chi connectivity index (χ3v) is 6.08. The van der Waals surface area contributed by atoms with Crippen molar-refractivity contribution in [2.45, 2.75) is 0 Å². The highest BCUT2D eigenvalue weighted by atomic mass is 19.1. The highest BCUT2D eigenvalue weighted by molar-refractivity contribution is 6.05. The highest BCUT2D eigenvalue weighted by Crippen LogP contribution is 2.29.